The Morgan fingerprint density at radius 3 is 2.38 bits per heavy atom. The van der Waals surface area contributed by atoms with Crippen molar-refractivity contribution in [3.8, 4) is 11.5 Å². The minimum Gasteiger partial charge on any atom is -0.497 e. The number of carbonyl (C=O) groups is 1. The Kier molecular flexibility index (Phi) is 4.18. The van der Waals surface area contributed by atoms with Gasteiger partial charge in [0, 0.05) is 36.0 Å². The summed E-state index contributed by atoms with van der Waals surface area (Å²) in [6, 6.07) is 5.42. The smallest absolute Gasteiger partial charge is 0.188 e. The predicted octanol–water partition coefficient (Wildman–Crippen LogP) is 3.15. The molecule has 1 saturated heterocycles. The molecule has 6 nitrogen and oxygen atoms in total. The van der Waals surface area contributed by atoms with Gasteiger partial charge in [0.2, 0.25) is 0 Å². The van der Waals surface area contributed by atoms with Crippen LogP contribution in [0.5, 0.6) is 11.5 Å². The van der Waals surface area contributed by atoms with Gasteiger partial charge in [0.25, 0.3) is 0 Å². The molecule has 2 aliphatic heterocycles. The SMILES string of the molecule is COc1cc(OC)cc(N2CC(=O)C(=C3CC4=C(CCCC4)N3)C2=N)c1. The lowest BCUT2D eigenvalue weighted by Crippen LogP contribution is -2.25. The molecule has 0 saturated carbocycles. The normalized spacial score (nSPS) is 22.6. The summed E-state index contributed by atoms with van der Waals surface area (Å²) in [5, 5.41) is 12.1. The average Bonchev–Trinajstić information content (AvgIpc) is 3.21. The number of benzene rings is 1. The minimum atomic E-state index is -0.0147. The fraction of sp³-hybridized carbons (Fsp3) is 0.400. The van der Waals surface area contributed by atoms with Crippen molar-refractivity contribution >= 4 is 17.3 Å². The van der Waals surface area contributed by atoms with Gasteiger partial charge in [0.1, 0.15) is 17.3 Å². The maximum absolute atomic E-state index is 12.7. The zero-order valence-corrected chi connectivity index (χ0v) is 15.1. The third-order valence-electron chi connectivity index (χ3n) is 5.31. The maximum Gasteiger partial charge on any atom is 0.188 e. The standard InChI is InChI=1S/C20H23N3O3/c1-25-14-8-13(9-15(10-14)26-2)23-11-18(24)19(20(23)21)17-7-12-5-3-4-6-16(12)22-17/h8-10,21-22H,3-7,11H2,1-2H3. The van der Waals surface area contributed by atoms with Gasteiger partial charge >= 0.3 is 0 Å². The Labute approximate surface area is 153 Å². The number of nitrogens with zero attached hydrogens (tertiary/aromatic N) is 1. The molecule has 26 heavy (non-hydrogen) atoms. The highest BCUT2D eigenvalue weighted by Gasteiger charge is 2.36. The zero-order valence-electron chi connectivity index (χ0n) is 15.1. The number of nitrogens with one attached hydrogen (secondary N) is 2. The van der Waals surface area contributed by atoms with E-state index in [0.29, 0.717) is 17.1 Å². The monoisotopic (exact) mass is 353 g/mol. The Morgan fingerprint density at radius 2 is 1.73 bits per heavy atom. The maximum atomic E-state index is 12.7. The van der Waals surface area contributed by atoms with Crippen molar-refractivity contribution in [2.75, 3.05) is 25.7 Å². The van der Waals surface area contributed by atoms with Crippen LogP contribution in [0, 0.1) is 5.41 Å². The number of hydrogen-bond donors (Lipinski definition) is 2. The molecular formula is C20H23N3O3. The first-order valence-electron chi connectivity index (χ1n) is 8.94. The van der Waals surface area contributed by atoms with E-state index < -0.39 is 0 Å². The van der Waals surface area contributed by atoms with E-state index in [9.17, 15) is 4.79 Å². The first-order valence-corrected chi connectivity index (χ1v) is 8.94. The molecule has 1 aromatic rings. The van der Waals surface area contributed by atoms with Crippen molar-refractivity contribution in [3.63, 3.8) is 0 Å². The molecule has 6 heteroatoms. The Bertz CT molecular complexity index is 812. The van der Waals surface area contributed by atoms with Crippen molar-refractivity contribution in [2.45, 2.75) is 32.1 Å². The number of ether oxygens (including phenoxy) is 2. The molecule has 0 amide bonds. The highest BCUT2D eigenvalue weighted by Crippen LogP contribution is 2.37. The van der Waals surface area contributed by atoms with Crippen LogP contribution in [0.2, 0.25) is 0 Å². The van der Waals surface area contributed by atoms with Gasteiger partial charge in [-0.2, -0.15) is 0 Å². The summed E-state index contributed by atoms with van der Waals surface area (Å²) >= 11 is 0. The number of allylic oxidation sites excluding steroid dienone is 2. The second kappa shape index (κ2) is 6.52. The molecule has 0 bridgehead atoms. The summed E-state index contributed by atoms with van der Waals surface area (Å²) in [6.07, 6.45) is 5.32. The number of hydrogen-bond acceptors (Lipinski definition) is 5. The van der Waals surface area contributed by atoms with Crippen LogP contribution in [-0.4, -0.2) is 32.4 Å². The average molecular weight is 353 g/mol. The van der Waals surface area contributed by atoms with E-state index in [1.165, 1.54) is 24.1 Å². The summed E-state index contributed by atoms with van der Waals surface area (Å²) in [5.74, 6) is 1.50. The topological polar surface area (TPSA) is 74.7 Å². The van der Waals surface area contributed by atoms with E-state index in [2.05, 4.69) is 5.32 Å². The number of Topliss-reactive ketones (excluding diaryl/α,β-unsaturated/α-hetero) is 1. The van der Waals surface area contributed by atoms with Crippen LogP contribution in [0.1, 0.15) is 32.1 Å². The molecule has 0 spiro atoms. The van der Waals surface area contributed by atoms with Crippen LogP contribution in [0.25, 0.3) is 0 Å². The predicted molar refractivity (Wildman–Crippen MR) is 99.9 cm³/mol. The summed E-state index contributed by atoms with van der Waals surface area (Å²) in [4.78, 5) is 14.4. The second-order valence-corrected chi connectivity index (χ2v) is 6.87. The lowest BCUT2D eigenvalue weighted by Gasteiger charge is -2.19. The van der Waals surface area contributed by atoms with Crippen molar-refractivity contribution in [2.24, 2.45) is 0 Å². The number of ketones is 1. The highest BCUT2D eigenvalue weighted by molar-refractivity contribution is 6.33. The van der Waals surface area contributed by atoms with E-state index in [1.807, 2.05) is 12.1 Å². The van der Waals surface area contributed by atoms with Crippen LogP contribution in [0.3, 0.4) is 0 Å². The van der Waals surface area contributed by atoms with Gasteiger partial charge in [0.05, 0.1) is 32.0 Å². The molecule has 2 heterocycles. The molecule has 1 fully saturated rings. The zero-order chi connectivity index (χ0) is 18.3. The summed E-state index contributed by atoms with van der Waals surface area (Å²) in [7, 11) is 3.18. The summed E-state index contributed by atoms with van der Waals surface area (Å²) in [6.45, 7) is 0.167. The molecule has 0 aromatic heterocycles. The number of carbonyl (C=O) groups excluding carboxylic acids is 1. The van der Waals surface area contributed by atoms with E-state index in [-0.39, 0.29) is 18.2 Å². The van der Waals surface area contributed by atoms with Crippen molar-refractivity contribution in [1.29, 1.82) is 5.41 Å². The van der Waals surface area contributed by atoms with E-state index in [4.69, 9.17) is 14.9 Å². The molecule has 4 rings (SSSR count). The van der Waals surface area contributed by atoms with Gasteiger partial charge in [-0.05, 0) is 31.3 Å². The lowest BCUT2D eigenvalue weighted by molar-refractivity contribution is -0.113. The molecule has 3 aliphatic rings. The third kappa shape index (κ3) is 2.75. The highest BCUT2D eigenvalue weighted by atomic mass is 16.5. The summed E-state index contributed by atoms with van der Waals surface area (Å²) < 4.78 is 10.6. The van der Waals surface area contributed by atoms with Crippen LogP contribution >= 0.6 is 0 Å². The molecule has 1 aromatic carbocycles. The van der Waals surface area contributed by atoms with E-state index in [1.54, 1.807) is 25.2 Å². The van der Waals surface area contributed by atoms with Crippen molar-refractivity contribution in [1.82, 2.24) is 5.32 Å². The van der Waals surface area contributed by atoms with E-state index >= 15 is 0 Å². The van der Waals surface area contributed by atoms with Crippen molar-refractivity contribution in [3.05, 3.63) is 40.7 Å². The summed E-state index contributed by atoms with van der Waals surface area (Å²) in [5.41, 5.74) is 4.80. The fourth-order valence-corrected chi connectivity index (χ4v) is 3.95. The van der Waals surface area contributed by atoms with Crippen LogP contribution in [0.4, 0.5) is 5.69 Å². The third-order valence-corrected chi connectivity index (χ3v) is 5.31. The number of methoxy groups -OCH3 is 2. The molecule has 0 radical (unpaired) electrons. The van der Waals surface area contributed by atoms with E-state index in [0.717, 1.165) is 30.6 Å². The quantitative estimate of drug-likeness (QED) is 0.817. The Balaban J connectivity index is 1.66. The van der Waals surface area contributed by atoms with Crippen LogP contribution in [0.15, 0.2) is 40.7 Å². The largest absolute Gasteiger partial charge is 0.497 e. The minimum absolute atomic E-state index is 0.0147. The van der Waals surface area contributed by atoms with Gasteiger partial charge in [-0.3, -0.25) is 10.2 Å². The number of amidine groups is 1. The van der Waals surface area contributed by atoms with Gasteiger partial charge < -0.3 is 19.7 Å². The number of anilines is 1. The first kappa shape index (κ1) is 16.7. The molecule has 0 unspecified atom stereocenters. The van der Waals surface area contributed by atoms with Crippen LogP contribution < -0.4 is 19.7 Å². The lowest BCUT2D eigenvalue weighted by atomic mass is 9.96. The second-order valence-electron chi connectivity index (χ2n) is 6.87. The molecule has 136 valence electrons. The molecule has 1 aliphatic carbocycles. The molecule has 0 atom stereocenters. The molecular weight excluding hydrogens is 330 g/mol. The van der Waals surface area contributed by atoms with Gasteiger partial charge in [-0.1, -0.05) is 0 Å². The Morgan fingerprint density at radius 1 is 1.04 bits per heavy atom. The fourth-order valence-electron chi connectivity index (χ4n) is 3.95. The van der Waals surface area contributed by atoms with Gasteiger partial charge in [0.15, 0.2) is 5.78 Å². The van der Waals surface area contributed by atoms with Crippen LogP contribution in [-0.2, 0) is 4.79 Å². The van der Waals surface area contributed by atoms with Crippen molar-refractivity contribution < 1.29 is 14.3 Å². The van der Waals surface area contributed by atoms with Gasteiger partial charge in [-0.25, -0.2) is 0 Å². The number of rotatable bonds is 3. The Hall–Kier alpha value is -2.76. The first-order chi connectivity index (χ1) is 12.6. The van der Waals surface area contributed by atoms with Gasteiger partial charge in [-0.15, -0.1) is 0 Å². The molecule has 2 N–H and O–H groups in total.